The number of hydrogen-bond donors (Lipinski definition) is 2. The Hall–Kier alpha value is -1.61. The molecule has 0 heterocycles. The first-order chi connectivity index (χ1) is 11.0. The molecule has 24 heavy (non-hydrogen) atoms. The van der Waals surface area contributed by atoms with Crippen LogP contribution in [0.5, 0.6) is 0 Å². The molecule has 0 radical (unpaired) electrons. The Morgan fingerprint density at radius 3 is 2.46 bits per heavy atom. The number of carbonyl (C=O) groups is 1. The van der Waals surface area contributed by atoms with Gasteiger partial charge in [0, 0.05) is 18.7 Å². The standard InChI is InChI=1S/C15H21F3N2O3S/c1-11(2)24(22,23)19-9-4-3-8-14(21)20-13-7-5-6-12(10-13)15(16,17)18/h5-7,10-11,19H,3-4,8-9H2,1-2H3,(H,20,21). The molecule has 0 fully saturated rings. The minimum absolute atomic E-state index is 0.0790. The number of rotatable bonds is 8. The van der Waals surface area contributed by atoms with Gasteiger partial charge in [-0.1, -0.05) is 6.07 Å². The molecule has 1 rings (SSSR count). The number of halogens is 3. The second-order valence-corrected chi connectivity index (χ2v) is 7.89. The van der Waals surface area contributed by atoms with Crippen molar-refractivity contribution in [2.75, 3.05) is 11.9 Å². The van der Waals surface area contributed by atoms with Crippen LogP contribution in [0.4, 0.5) is 18.9 Å². The Morgan fingerprint density at radius 1 is 1.21 bits per heavy atom. The SMILES string of the molecule is CC(C)S(=O)(=O)NCCCCC(=O)Nc1cccc(C(F)(F)F)c1. The Bertz CT molecular complexity index is 658. The van der Waals surface area contributed by atoms with Crippen LogP contribution < -0.4 is 10.0 Å². The maximum atomic E-state index is 12.6. The van der Waals surface area contributed by atoms with Gasteiger partial charge < -0.3 is 5.32 Å². The minimum Gasteiger partial charge on any atom is -0.326 e. The van der Waals surface area contributed by atoms with Gasteiger partial charge in [0.05, 0.1) is 10.8 Å². The smallest absolute Gasteiger partial charge is 0.326 e. The van der Waals surface area contributed by atoms with Crippen LogP contribution in [0.15, 0.2) is 24.3 Å². The summed E-state index contributed by atoms with van der Waals surface area (Å²) in [5.41, 5.74) is -0.751. The van der Waals surface area contributed by atoms with E-state index in [-0.39, 0.29) is 18.7 Å². The molecular formula is C15H21F3N2O3S. The van der Waals surface area contributed by atoms with E-state index in [1.165, 1.54) is 12.1 Å². The molecule has 0 saturated heterocycles. The average molecular weight is 366 g/mol. The summed E-state index contributed by atoms with van der Waals surface area (Å²) >= 11 is 0. The summed E-state index contributed by atoms with van der Waals surface area (Å²) in [4.78, 5) is 11.7. The zero-order valence-electron chi connectivity index (χ0n) is 13.5. The van der Waals surface area contributed by atoms with Gasteiger partial charge in [-0.2, -0.15) is 13.2 Å². The van der Waals surface area contributed by atoms with E-state index >= 15 is 0 Å². The van der Waals surface area contributed by atoms with Crippen LogP contribution in [-0.2, 0) is 21.0 Å². The molecular weight excluding hydrogens is 345 g/mol. The van der Waals surface area contributed by atoms with Gasteiger partial charge in [-0.05, 0) is 44.9 Å². The lowest BCUT2D eigenvalue weighted by Crippen LogP contribution is -2.31. The van der Waals surface area contributed by atoms with E-state index in [0.717, 1.165) is 12.1 Å². The lowest BCUT2D eigenvalue weighted by Gasteiger charge is -2.10. The van der Waals surface area contributed by atoms with Crippen molar-refractivity contribution >= 4 is 21.6 Å². The van der Waals surface area contributed by atoms with Crippen molar-refractivity contribution in [2.24, 2.45) is 0 Å². The Balaban J connectivity index is 2.38. The van der Waals surface area contributed by atoms with E-state index in [2.05, 4.69) is 10.0 Å². The van der Waals surface area contributed by atoms with E-state index in [0.29, 0.717) is 12.8 Å². The number of hydrogen-bond acceptors (Lipinski definition) is 3. The maximum Gasteiger partial charge on any atom is 0.416 e. The fourth-order valence-electron chi connectivity index (χ4n) is 1.79. The number of anilines is 1. The predicted molar refractivity (Wildman–Crippen MR) is 86.0 cm³/mol. The third kappa shape index (κ3) is 6.88. The van der Waals surface area contributed by atoms with Crippen LogP contribution in [-0.4, -0.2) is 26.1 Å². The minimum atomic E-state index is -4.46. The number of amides is 1. The van der Waals surface area contributed by atoms with Gasteiger partial charge in [0.15, 0.2) is 0 Å². The number of sulfonamides is 1. The first-order valence-corrected chi connectivity index (χ1v) is 9.02. The van der Waals surface area contributed by atoms with Crippen molar-refractivity contribution in [1.82, 2.24) is 4.72 Å². The van der Waals surface area contributed by atoms with Crippen molar-refractivity contribution in [3.8, 4) is 0 Å². The first-order valence-electron chi connectivity index (χ1n) is 7.48. The van der Waals surface area contributed by atoms with Crippen LogP contribution in [0.2, 0.25) is 0 Å². The van der Waals surface area contributed by atoms with Crippen molar-refractivity contribution in [2.45, 2.75) is 44.5 Å². The van der Waals surface area contributed by atoms with Gasteiger partial charge in [0.25, 0.3) is 0 Å². The van der Waals surface area contributed by atoms with E-state index in [4.69, 9.17) is 0 Å². The quantitative estimate of drug-likeness (QED) is 0.694. The summed E-state index contributed by atoms with van der Waals surface area (Å²) in [6.07, 6.45) is -3.48. The fourth-order valence-corrected chi connectivity index (χ4v) is 2.55. The summed E-state index contributed by atoms with van der Waals surface area (Å²) in [7, 11) is -3.32. The highest BCUT2D eigenvalue weighted by atomic mass is 32.2. The molecule has 2 N–H and O–H groups in total. The maximum absolute atomic E-state index is 12.6. The van der Waals surface area contributed by atoms with Crippen LogP contribution in [0.3, 0.4) is 0 Å². The molecule has 1 amide bonds. The van der Waals surface area contributed by atoms with E-state index in [9.17, 15) is 26.4 Å². The molecule has 1 aromatic rings. The van der Waals surface area contributed by atoms with Gasteiger partial charge in [0.2, 0.25) is 15.9 Å². The van der Waals surface area contributed by atoms with Gasteiger partial charge in [-0.25, -0.2) is 13.1 Å². The summed E-state index contributed by atoms with van der Waals surface area (Å²) in [5, 5.41) is 1.88. The van der Waals surface area contributed by atoms with E-state index < -0.39 is 32.9 Å². The molecule has 0 unspecified atom stereocenters. The summed E-state index contributed by atoms with van der Waals surface area (Å²) < 4.78 is 63.2. The average Bonchev–Trinajstić information content (AvgIpc) is 2.46. The summed E-state index contributed by atoms with van der Waals surface area (Å²) in [6, 6.07) is 4.40. The molecule has 0 atom stereocenters. The highest BCUT2D eigenvalue weighted by Crippen LogP contribution is 2.30. The monoisotopic (exact) mass is 366 g/mol. The first kappa shape index (κ1) is 20.4. The molecule has 0 aromatic heterocycles. The fraction of sp³-hybridized carbons (Fsp3) is 0.533. The van der Waals surface area contributed by atoms with Crippen molar-refractivity contribution in [3.05, 3.63) is 29.8 Å². The molecule has 1 aromatic carbocycles. The third-order valence-corrected chi connectivity index (χ3v) is 5.08. The third-order valence-electron chi connectivity index (χ3n) is 3.23. The van der Waals surface area contributed by atoms with Crippen molar-refractivity contribution < 1.29 is 26.4 Å². The normalized spacial score (nSPS) is 12.4. The van der Waals surface area contributed by atoms with E-state index in [1.807, 2.05) is 0 Å². The summed E-state index contributed by atoms with van der Waals surface area (Å²) in [6.45, 7) is 3.34. The second kappa shape index (κ2) is 8.48. The molecule has 0 bridgehead atoms. The topological polar surface area (TPSA) is 75.3 Å². The zero-order valence-corrected chi connectivity index (χ0v) is 14.3. The van der Waals surface area contributed by atoms with Crippen LogP contribution in [0, 0.1) is 0 Å². The zero-order chi connectivity index (χ0) is 18.4. The lowest BCUT2D eigenvalue weighted by molar-refractivity contribution is -0.137. The van der Waals surface area contributed by atoms with Gasteiger partial charge in [-0.3, -0.25) is 4.79 Å². The molecule has 0 aliphatic carbocycles. The highest BCUT2D eigenvalue weighted by molar-refractivity contribution is 7.90. The van der Waals surface area contributed by atoms with Gasteiger partial charge in [-0.15, -0.1) is 0 Å². The molecule has 0 spiro atoms. The van der Waals surface area contributed by atoms with Crippen molar-refractivity contribution in [1.29, 1.82) is 0 Å². The van der Waals surface area contributed by atoms with Crippen molar-refractivity contribution in [3.63, 3.8) is 0 Å². The Labute approximate surface area is 139 Å². The van der Waals surface area contributed by atoms with Crippen LogP contribution in [0.25, 0.3) is 0 Å². The molecule has 0 saturated carbocycles. The van der Waals surface area contributed by atoms with Crippen LogP contribution >= 0.6 is 0 Å². The second-order valence-electron chi connectivity index (χ2n) is 5.57. The highest BCUT2D eigenvalue weighted by Gasteiger charge is 2.30. The van der Waals surface area contributed by atoms with Crippen LogP contribution in [0.1, 0.15) is 38.7 Å². The van der Waals surface area contributed by atoms with Gasteiger partial charge >= 0.3 is 6.18 Å². The van der Waals surface area contributed by atoms with E-state index in [1.54, 1.807) is 13.8 Å². The number of benzene rings is 1. The number of carbonyl (C=O) groups excluding carboxylic acids is 1. The largest absolute Gasteiger partial charge is 0.416 e. The molecule has 5 nitrogen and oxygen atoms in total. The Kier molecular flexibility index (Phi) is 7.22. The summed E-state index contributed by atoms with van der Waals surface area (Å²) in [5.74, 6) is -0.416. The molecule has 9 heteroatoms. The molecule has 0 aliphatic rings. The number of nitrogens with one attached hydrogen (secondary N) is 2. The number of unbranched alkanes of at least 4 members (excludes halogenated alkanes) is 1. The Morgan fingerprint density at radius 2 is 1.88 bits per heavy atom. The lowest BCUT2D eigenvalue weighted by atomic mass is 10.2. The van der Waals surface area contributed by atoms with Gasteiger partial charge in [0.1, 0.15) is 0 Å². The predicted octanol–water partition coefficient (Wildman–Crippen LogP) is 3.14. The number of alkyl halides is 3. The molecule has 0 aliphatic heterocycles. The molecule has 136 valence electrons.